The maximum Gasteiger partial charge on any atom is 0.0623 e. The van der Waals surface area contributed by atoms with Gasteiger partial charge in [0.1, 0.15) is 0 Å². The SMILES string of the molecule is CC(C)(C)SCCNC1CCCC1C1COCCN1.Cl. The van der Waals surface area contributed by atoms with E-state index in [1.54, 1.807) is 0 Å². The second-order valence-corrected chi connectivity index (χ2v) is 8.67. The summed E-state index contributed by atoms with van der Waals surface area (Å²) in [5.74, 6) is 1.97. The summed E-state index contributed by atoms with van der Waals surface area (Å²) in [6.07, 6.45) is 4.06. The van der Waals surface area contributed by atoms with Crippen LogP contribution in [0.15, 0.2) is 0 Å². The van der Waals surface area contributed by atoms with Crippen LogP contribution in [0.2, 0.25) is 0 Å². The minimum Gasteiger partial charge on any atom is -0.379 e. The lowest BCUT2D eigenvalue weighted by molar-refractivity contribution is 0.0527. The molecule has 1 saturated carbocycles. The van der Waals surface area contributed by atoms with Gasteiger partial charge in [0.25, 0.3) is 0 Å². The van der Waals surface area contributed by atoms with Gasteiger partial charge in [0.2, 0.25) is 0 Å². The summed E-state index contributed by atoms with van der Waals surface area (Å²) in [4.78, 5) is 0. The van der Waals surface area contributed by atoms with Gasteiger partial charge in [0.15, 0.2) is 0 Å². The maximum atomic E-state index is 5.62. The summed E-state index contributed by atoms with van der Waals surface area (Å²) in [5, 5.41) is 7.42. The molecular formula is C15H31ClN2OS. The smallest absolute Gasteiger partial charge is 0.0623 e. The predicted octanol–water partition coefficient (Wildman–Crippen LogP) is 2.69. The molecule has 0 amide bonds. The number of hydrogen-bond acceptors (Lipinski definition) is 4. The first-order valence-corrected chi connectivity index (χ1v) is 8.73. The van der Waals surface area contributed by atoms with E-state index in [9.17, 15) is 0 Å². The number of thioether (sulfide) groups is 1. The number of nitrogens with one attached hydrogen (secondary N) is 2. The van der Waals surface area contributed by atoms with Gasteiger partial charge in [-0.3, -0.25) is 0 Å². The van der Waals surface area contributed by atoms with E-state index in [0.717, 1.165) is 32.2 Å². The lowest BCUT2D eigenvalue weighted by Gasteiger charge is -2.33. The zero-order chi connectivity index (χ0) is 13.7. The Morgan fingerprint density at radius 2 is 2.10 bits per heavy atom. The Labute approximate surface area is 134 Å². The molecule has 0 aromatic heterocycles. The second-order valence-electron chi connectivity index (χ2n) is 6.75. The van der Waals surface area contributed by atoms with Crippen LogP contribution in [0.4, 0.5) is 0 Å². The number of morpholine rings is 1. The van der Waals surface area contributed by atoms with Crippen molar-refractivity contribution in [2.24, 2.45) is 5.92 Å². The molecule has 3 atom stereocenters. The molecule has 1 saturated heterocycles. The van der Waals surface area contributed by atoms with Crippen molar-refractivity contribution in [3.63, 3.8) is 0 Å². The van der Waals surface area contributed by atoms with Crippen LogP contribution in [0.3, 0.4) is 0 Å². The van der Waals surface area contributed by atoms with Gasteiger partial charge in [-0.1, -0.05) is 27.2 Å². The van der Waals surface area contributed by atoms with E-state index in [0.29, 0.717) is 16.8 Å². The summed E-state index contributed by atoms with van der Waals surface area (Å²) in [5.41, 5.74) is 0. The van der Waals surface area contributed by atoms with Crippen LogP contribution in [0, 0.1) is 5.92 Å². The minimum atomic E-state index is 0. The molecule has 0 spiro atoms. The Balaban J connectivity index is 0.00000200. The van der Waals surface area contributed by atoms with Gasteiger partial charge >= 0.3 is 0 Å². The Morgan fingerprint density at radius 3 is 2.75 bits per heavy atom. The van der Waals surface area contributed by atoms with Gasteiger partial charge in [-0.2, -0.15) is 11.8 Å². The van der Waals surface area contributed by atoms with Gasteiger partial charge in [0.05, 0.1) is 13.2 Å². The second kappa shape index (κ2) is 8.84. The molecule has 0 aromatic carbocycles. The highest BCUT2D eigenvalue weighted by Gasteiger charge is 2.34. The standard InChI is InChI=1S/C15H30N2OS.ClH/c1-15(2,3)19-10-8-17-13-6-4-5-12(13)14-11-18-9-7-16-14;/h12-14,16-17H,4-11H2,1-3H3;1H. The molecule has 2 fully saturated rings. The average Bonchev–Trinajstić information content (AvgIpc) is 2.83. The Bertz CT molecular complexity index is 267. The Hall–Kier alpha value is 0.520. The van der Waals surface area contributed by atoms with Gasteiger partial charge in [0, 0.05) is 35.7 Å². The average molecular weight is 323 g/mol. The molecule has 0 bridgehead atoms. The lowest BCUT2D eigenvalue weighted by atomic mass is 9.94. The third-order valence-corrected chi connectivity index (χ3v) is 5.35. The van der Waals surface area contributed by atoms with E-state index in [1.165, 1.54) is 25.0 Å². The van der Waals surface area contributed by atoms with Gasteiger partial charge in [-0.15, -0.1) is 12.4 Å². The van der Waals surface area contributed by atoms with Crippen molar-refractivity contribution in [2.75, 3.05) is 32.1 Å². The molecule has 2 rings (SSSR count). The van der Waals surface area contributed by atoms with Crippen molar-refractivity contribution in [1.29, 1.82) is 0 Å². The molecule has 20 heavy (non-hydrogen) atoms. The van der Waals surface area contributed by atoms with Gasteiger partial charge < -0.3 is 15.4 Å². The van der Waals surface area contributed by atoms with Gasteiger partial charge in [-0.25, -0.2) is 0 Å². The van der Waals surface area contributed by atoms with Crippen LogP contribution in [0.25, 0.3) is 0 Å². The van der Waals surface area contributed by atoms with E-state index >= 15 is 0 Å². The van der Waals surface area contributed by atoms with Crippen LogP contribution in [-0.2, 0) is 4.74 Å². The zero-order valence-electron chi connectivity index (χ0n) is 13.1. The van der Waals surface area contributed by atoms with Crippen LogP contribution in [-0.4, -0.2) is 48.9 Å². The predicted molar refractivity (Wildman–Crippen MR) is 91.2 cm³/mol. The van der Waals surface area contributed by atoms with Crippen molar-refractivity contribution in [3.8, 4) is 0 Å². The number of rotatable bonds is 5. The van der Waals surface area contributed by atoms with E-state index in [2.05, 4.69) is 43.2 Å². The molecule has 1 aliphatic carbocycles. The van der Waals surface area contributed by atoms with Crippen LogP contribution < -0.4 is 10.6 Å². The largest absolute Gasteiger partial charge is 0.379 e. The van der Waals surface area contributed by atoms with Crippen molar-refractivity contribution < 1.29 is 4.74 Å². The van der Waals surface area contributed by atoms with Crippen molar-refractivity contribution in [2.45, 2.75) is 56.9 Å². The topological polar surface area (TPSA) is 33.3 Å². The normalized spacial score (nSPS) is 31.1. The molecule has 0 aromatic rings. The van der Waals surface area contributed by atoms with Crippen molar-refractivity contribution >= 4 is 24.2 Å². The molecule has 0 radical (unpaired) electrons. The summed E-state index contributed by atoms with van der Waals surface area (Å²) in [7, 11) is 0. The molecule has 5 heteroatoms. The highest BCUT2D eigenvalue weighted by Crippen LogP contribution is 2.29. The van der Waals surface area contributed by atoms with E-state index in [1.807, 2.05) is 0 Å². The van der Waals surface area contributed by atoms with E-state index in [4.69, 9.17) is 4.74 Å². The van der Waals surface area contributed by atoms with E-state index < -0.39 is 0 Å². The first-order valence-electron chi connectivity index (χ1n) is 7.75. The van der Waals surface area contributed by atoms with Gasteiger partial charge in [-0.05, 0) is 18.8 Å². The van der Waals surface area contributed by atoms with Crippen LogP contribution in [0.1, 0.15) is 40.0 Å². The monoisotopic (exact) mass is 322 g/mol. The molecule has 1 heterocycles. The summed E-state index contributed by atoms with van der Waals surface area (Å²) < 4.78 is 6.00. The minimum absolute atomic E-state index is 0. The third kappa shape index (κ3) is 6.10. The molecular weight excluding hydrogens is 292 g/mol. The first kappa shape index (κ1) is 18.6. The molecule has 1 aliphatic heterocycles. The fraction of sp³-hybridized carbons (Fsp3) is 1.00. The molecule has 2 aliphatic rings. The summed E-state index contributed by atoms with van der Waals surface area (Å²) >= 11 is 2.05. The lowest BCUT2D eigenvalue weighted by Crippen LogP contribution is -2.51. The van der Waals surface area contributed by atoms with Crippen molar-refractivity contribution in [3.05, 3.63) is 0 Å². The zero-order valence-corrected chi connectivity index (χ0v) is 14.7. The number of hydrogen-bond donors (Lipinski definition) is 2. The quantitative estimate of drug-likeness (QED) is 0.763. The molecule has 3 unspecified atom stereocenters. The Morgan fingerprint density at radius 1 is 1.30 bits per heavy atom. The number of ether oxygens (including phenoxy) is 1. The third-order valence-electron chi connectivity index (χ3n) is 4.08. The Kier molecular flexibility index (Phi) is 8.21. The highest BCUT2D eigenvalue weighted by atomic mass is 35.5. The summed E-state index contributed by atoms with van der Waals surface area (Å²) in [6.45, 7) is 10.8. The first-order chi connectivity index (χ1) is 9.06. The van der Waals surface area contributed by atoms with Crippen LogP contribution >= 0.6 is 24.2 Å². The molecule has 2 N–H and O–H groups in total. The maximum absolute atomic E-state index is 5.62. The molecule has 120 valence electrons. The van der Waals surface area contributed by atoms with Crippen molar-refractivity contribution in [1.82, 2.24) is 10.6 Å². The fourth-order valence-electron chi connectivity index (χ4n) is 3.19. The highest BCUT2D eigenvalue weighted by molar-refractivity contribution is 8.00. The van der Waals surface area contributed by atoms with E-state index in [-0.39, 0.29) is 12.4 Å². The summed E-state index contributed by atoms with van der Waals surface area (Å²) in [6, 6.07) is 1.27. The fourth-order valence-corrected chi connectivity index (χ4v) is 4.02. The number of halogens is 1. The van der Waals surface area contributed by atoms with Crippen LogP contribution in [0.5, 0.6) is 0 Å². The molecule has 3 nitrogen and oxygen atoms in total.